The van der Waals surface area contributed by atoms with Crippen LogP contribution in [-0.4, -0.2) is 46.4 Å². The van der Waals surface area contributed by atoms with Gasteiger partial charge in [0.25, 0.3) is 0 Å². The van der Waals surface area contributed by atoms with Gasteiger partial charge in [-0.15, -0.1) is 24.0 Å². The quantitative estimate of drug-likeness (QED) is 0.339. The number of ether oxygens (including phenoxy) is 2. The summed E-state index contributed by atoms with van der Waals surface area (Å²) in [5.74, 6) is 1.76. The molecule has 158 valence electrons. The first-order valence-electron chi connectivity index (χ1n) is 9.97. The van der Waals surface area contributed by atoms with Gasteiger partial charge in [-0.25, -0.2) is 0 Å². The van der Waals surface area contributed by atoms with E-state index in [0.717, 1.165) is 57.3 Å². The molecule has 0 aliphatic carbocycles. The molecule has 1 aliphatic heterocycles. The van der Waals surface area contributed by atoms with E-state index in [1.54, 1.807) is 7.11 Å². The zero-order chi connectivity index (χ0) is 19.7. The number of methoxy groups -OCH3 is 1. The van der Waals surface area contributed by atoms with Gasteiger partial charge in [0.1, 0.15) is 5.75 Å². The molecule has 5 nitrogen and oxygen atoms in total. The van der Waals surface area contributed by atoms with Gasteiger partial charge in [-0.3, -0.25) is 4.99 Å². The number of nitrogens with one attached hydrogen (secondary N) is 2. The molecule has 0 aromatic heterocycles. The van der Waals surface area contributed by atoms with Crippen LogP contribution in [0.5, 0.6) is 5.75 Å². The second-order valence-corrected chi connectivity index (χ2v) is 7.17. The van der Waals surface area contributed by atoms with Gasteiger partial charge in [-0.2, -0.15) is 0 Å². The molecule has 0 radical (unpaired) electrons. The third kappa shape index (κ3) is 6.34. The van der Waals surface area contributed by atoms with Crippen molar-refractivity contribution in [3.05, 3.63) is 65.7 Å². The van der Waals surface area contributed by atoms with Gasteiger partial charge in [-0.05, 0) is 36.5 Å². The average Bonchev–Trinajstić information content (AvgIpc) is 2.77. The summed E-state index contributed by atoms with van der Waals surface area (Å²) >= 11 is 0. The van der Waals surface area contributed by atoms with Gasteiger partial charge >= 0.3 is 0 Å². The van der Waals surface area contributed by atoms with Gasteiger partial charge in [0.2, 0.25) is 0 Å². The van der Waals surface area contributed by atoms with Crippen LogP contribution in [0.4, 0.5) is 0 Å². The van der Waals surface area contributed by atoms with Crippen molar-refractivity contribution < 1.29 is 9.47 Å². The van der Waals surface area contributed by atoms with E-state index in [4.69, 9.17) is 9.47 Å². The van der Waals surface area contributed by atoms with Crippen LogP contribution in [0, 0.1) is 0 Å². The van der Waals surface area contributed by atoms with E-state index >= 15 is 0 Å². The smallest absolute Gasteiger partial charge is 0.191 e. The third-order valence-electron chi connectivity index (χ3n) is 5.53. The van der Waals surface area contributed by atoms with Crippen molar-refractivity contribution in [3.63, 3.8) is 0 Å². The number of hydrogen-bond acceptors (Lipinski definition) is 3. The Hall–Kier alpha value is -1.80. The van der Waals surface area contributed by atoms with Crippen LogP contribution in [0.1, 0.15) is 24.0 Å². The zero-order valence-electron chi connectivity index (χ0n) is 17.3. The zero-order valence-corrected chi connectivity index (χ0v) is 19.6. The lowest BCUT2D eigenvalue weighted by molar-refractivity contribution is 0.0514. The fourth-order valence-electron chi connectivity index (χ4n) is 3.82. The van der Waals surface area contributed by atoms with Crippen LogP contribution in [-0.2, 0) is 16.6 Å². The summed E-state index contributed by atoms with van der Waals surface area (Å²) in [6.45, 7) is 3.24. The van der Waals surface area contributed by atoms with Gasteiger partial charge < -0.3 is 20.1 Å². The summed E-state index contributed by atoms with van der Waals surface area (Å²) in [7, 11) is 3.53. The molecule has 0 bridgehead atoms. The van der Waals surface area contributed by atoms with Crippen LogP contribution in [0.15, 0.2) is 59.6 Å². The molecule has 0 amide bonds. The van der Waals surface area contributed by atoms with Crippen LogP contribution in [0.3, 0.4) is 0 Å². The first-order chi connectivity index (χ1) is 13.8. The number of guanidine groups is 1. The van der Waals surface area contributed by atoms with Gasteiger partial charge in [0.15, 0.2) is 5.96 Å². The number of benzene rings is 2. The van der Waals surface area contributed by atoms with Crippen molar-refractivity contribution in [1.82, 2.24) is 10.6 Å². The molecular formula is C23H32IN3O2. The predicted molar refractivity (Wildman–Crippen MR) is 130 cm³/mol. The molecule has 6 heteroatoms. The highest BCUT2D eigenvalue weighted by molar-refractivity contribution is 14.0. The Morgan fingerprint density at radius 2 is 1.72 bits per heavy atom. The lowest BCUT2D eigenvalue weighted by Crippen LogP contribution is -2.48. The van der Waals surface area contributed by atoms with Gasteiger partial charge in [0.05, 0.1) is 7.11 Å². The molecule has 0 atom stereocenters. The number of hydrogen-bond donors (Lipinski definition) is 2. The second-order valence-electron chi connectivity index (χ2n) is 7.17. The summed E-state index contributed by atoms with van der Waals surface area (Å²) in [5, 5.41) is 6.97. The molecule has 2 N–H and O–H groups in total. The topological polar surface area (TPSA) is 54.9 Å². The Kier molecular flexibility index (Phi) is 9.73. The standard InChI is InChI=1S/C23H31N3O2.HI/c1-24-22(25-15-12-19-8-6-7-11-21(19)27-2)26-18-23(13-16-28-17-14-23)20-9-4-3-5-10-20;/h3-11H,12-18H2,1-2H3,(H2,24,25,26);1H. The Balaban J connectivity index is 0.00000300. The number of nitrogens with zero attached hydrogens (tertiary/aromatic N) is 1. The second kappa shape index (κ2) is 12.0. The maximum atomic E-state index is 5.63. The van der Waals surface area contributed by atoms with Crippen LogP contribution in [0.2, 0.25) is 0 Å². The van der Waals surface area contributed by atoms with E-state index in [1.807, 2.05) is 25.2 Å². The van der Waals surface area contributed by atoms with Crippen LogP contribution >= 0.6 is 24.0 Å². The number of para-hydroxylation sites is 1. The van der Waals surface area contributed by atoms with Crippen molar-refractivity contribution in [2.45, 2.75) is 24.7 Å². The summed E-state index contributed by atoms with van der Waals surface area (Å²) in [5.41, 5.74) is 2.65. The Labute approximate surface area is 191 Å². The highest BCUT2D eigenvalue weighted by Gasteiger charge is 2.34. The van der Waals surface area contributed by atoms with E-state index in [9.17, 15) is 0 Å². The first kappa shape index (κ1) is 23.5. The molecule has 1 saturated heterocycles. The minimum absolute atomic E-state index is 0. The van der Waals surface area contributed by atoms with Crippen molar-refractivity contribution in [2.24, 2.45) is 4.99 Å². The maximum absolute atomic E-state index is 5.63. The number of rotatable bonds is 7. The molecule has 29 heavy (non-hydrogen) atoms. The predicted octanol–water partition coefficient (Wildman–Crippen LogP) is 3.77. The number of halogens is 1. The normalized spacial score (nSPS) is 15.9. The Bertz CT molecular complexity index is 762. The van der Waals surface area contributed by atoms with Crippen LogP contribution in [0.25, 0.3) is 0 Å². The van der Waals surface area contributed by atoms with E-state index in [-0.39, 0.29) is 29.4 Å². The molecule has 1 aliphatic rings. The summed E-state index contributed by atoms with van der Waals surface area (Å²) in [6, 6.07) is 18.9. The van der Waals surface area contributed by atoms with E-state index in [0.29, 0.717) is 0 Å². The molecule has 1 fully saturated rings. The van der Waals surface area contributed by atoms with E-state index in [1.165, 1.54) is 11.1 Å². The van der Waals surface area contributed by atoms with E-state index in [2.05, 4.69) is 52.0 Å². The minimum Gasteiger partial charge on any atom is -0.496 e. The highest BCUT2D eigenvalue weighted by Crippen LogP contribution is 2.34. The third-order valence-corrected chi connectivity index (χ3v) is 5.53. The minimum atomic E-state index is 0. The largest absolute Gasteiger partial charge is 0.496 e. The fourth-order valence-corrected chi connectivity index (χ4v) is 3.82. The van der Waals surface area contributed by atoms with Crippen molar-refractivity contribution in [3.8, 4) is 5.75 Å². The van der Waals surface area contributed by atoms with Gasteiger partial charge in [0, 0.05) is 38.8 Å². The van der Waals surface area contributed by atoms with Gasteiger partial charge in [-0.1, -0.05) is 48.5 Å². The molecule has 0 saturated carbocycles. The van der Waals surface area contributed by atoms with Crippen molar-refractivity contribution in [2.75, 3.05) is 40.5 Å². The average molecular weight is 509 g/mol. The lowest BCUT2D eigenvalue weighted by atomic mass is 9.74. The molecule has 0 unspecified atom stereocenters. The maximum Gasteiger partial charge on any atom is 0.191 e. The summed E-state index contributed by atoms with van der Waals surface area (Å²) in [4.78, 5) is 4.40. The summed E-state index contributed by atoms with van der Waals surface area (Å²) in [6.07, 6.45) is 2.91. The van der Waals surface area contributed by atoms with Crippen molar-refractivity contribution >= 4 is 29.9 Å². The Morgan fingerprint density at radius 1 is 1.03 bits per heavy atom. The molecule has 2 aromatic rings. The Morgan fingerprint density at radius 3 is 2.41 bits per heavy atom. The fraction of sp³-hybridized carbons (Fsp3) is 0.435. The first-order valence-corrected chi connectivity index (χ1v) is 9.97. The van der Waals surface area contributed by atoms with Crippen molar-refractivity contribution in [1.29, 1.82) is 0 Å². The highest BCUT2D eigenvalue weighted by atomic mass is 127. The molecule has 0 spiro atoms. The molecular weight excluding hydrogens is 477 g/mol. The molecule has 1 heterocycles. The number of aliphatic imine (C=N–C) groups is 1. The molecule has 2 aromatic carbocycles. The molecule has 3 rings (SSSR count). The summed E-state index contributed by atoms with van der Waals surface area (Å²) < 4.78 is 11.1. The van der Waals surface area contributed by atoms with E-state index < -0.39 is 0 Å². The monoisotopic (exact) mass is 509 g/mol. The SMILES string of the molecule is CN=C(NCCc1ccccc1OC)NCC1(c2ccccc2)CCOCC1.I. The van der Waals surface area contributed by atoms with Crippen LogP contribution < -0.4 is 15.4 Å². The lowest BCUT2D eigenvalue weighted by Gasteiger charge is -2.38.